The quantitative estimate of drug-likeness (QED) is 0.374. The molecule has 0 radical (unpaired) electrons. The smallest absolute Gasteiger partial charge is 0.270 e. The highest BCUT2D eigenvalue weighted by Gasteiger charge is 2.47. The Morgan fingerprint density at radius 1 is 1.47 bits per heavy atom. The topological polar surface area (TPSA) is 149 Å². The lowest BCUT2D eigenvalue weighted by molar-refractivity contribution is -0.186. The zero-order chi connectivity index (χ0) is 24.4. The number of carbonyl (C=O) groups excluding carboxylic acids is 1. The second-order valence-electron chi connectivity index (χ2n) is 7.24. The minimum Gasteiger partial charge on any atom is -0.394 e. The van der Waals surface area contributed by atoms with Gasteiger partial charge in [0.1, 0.15) is 35.5 Å². The fourth-order valence-corrected chi connectivity index (χ4v) is 5.51. The van der Waals surface area contributed by atoms with Gasteiger partial charge < -0.3 is 25.0 Å². The number of pyridine rings is 1. The van der Waals surface area contributed by atoms with E-state index in [1.54, 1.807) is 24.5 Å². The van der Waals surface area contributed by atoms with Crippen molar-refractivity contribution in [3.63, 3.8) is 0 Å². The van der Waals surface area contributed by atoms with E-state index < -0.39 is 36.4 Å². The summed E-state index contributed by atoms with van der Waals surface area (Å²) in [5.74, 6) is 0.0113. The second kappa shape index (κ2) is 10.7. The highest BCUT2D eigenvalue weighted by molar-refractivity contribution is 9.10. The van der Waals surface area contributed by atoms with Crippen LogP contribution in [0.25, 0.3) is 5.82 Å². The van der Waals surface area contributed by atoms with Crippen LogP contribution in [0.1, 0.15) is 16.5 Å². The summed E-state index contributed by atoms with van der Waals surface area (Å²) in [7, 11) is 2.99. The summed E-state index contributed by atoms with van der Waals surface area (Å²) in [6, 6.07) is 2.57. The maximum absolute atomic E-state index is 12.3. The molecule has 5 atom stereocenters. The lowest BCUT2D eigenvalue weighted by atomic mass is 9.97. The van der Waals surface area contributed by atoms with Crippen LogP contribution >= 0.6 is 39.3 Å². The third-order valence-corrected chi connectivity index (χ3v) is 7.01. The first-order chi connectivity index (χ1) is 16.4. The molecule has 4 rings (SSSR count). The van der Waals surface area contributed by atoms with Crippen molar-refractivity contribution in [2.24, 2.45) is 0 Å². The van der Waals surface area contributed by atoms with Crippen LogP contribution in [0.2, 0.25) is 5.15 Å². The maximum atomic E-state index is 12.3. The lowest BCUT2D eigenvalue weighted by Gasteiger charge is -2.43. The summed E-state index contributed by atoms with van der Waals surface area (Å²) in [5, 5.41) is 36.1. The van der Waals surface area contributed by atoms with Crippen LogP contribution in [-0.4, -0.2) is 90.4 Å². The summed E-state index contributed by atoms with van der Waals surface area (Å²) in [6.07, 6.45) is 1.88. The maximum Gasteiger partial charge on any atom is 0.270 e. The molecular weight excluding hydrogens is 554 g/mol. The molecule has 15 heteroatoms. The fourth-order valence-electron chi connectivity index (χ4n) is 3.58. The minimum atomic E-state index is -1.17. The van der Waals surface area contributed by atoms with Crippen LogP contribution in [0.15, 0.2) is 40.1 Å². The Bertz CT molecular complexity index is 1160. The number of rotatable bonds is 7. The van der Waals surface area contributed by atoms with E-state index in [-0.39, 0.29) is 11.6 Å². The van der Waals surface area contributed by atoms with Gasteiger partial charge in [0.05, 0.1) is 12.8 Å². The number of thioether (sulfide) groups is 1. The van der Waals surface area contributed by atoms with Gasteiger partial charge in [-0.3, -0.25) is 4.79 Å². The van der Waals surface area contributed by atoms with Crippen LogP contribution in [0.5, 0.6) is 0 Å². The average molecular weight is 575 g/mol. The molecule has 34 heavy (non-hydrogen) atoms. The number of hydrogen-bond donors (Lipinski definition) is 3. The number of amides is 1. The van der Waals surface area contributed by atoms with Crippen LogP contribution in [0.4, 0.5) is 0 Å². The van der Waals surface area contributed by atoms with Gasteiger partial charge in [-0.1, -0.05) is 28.6 Å². The first-order valence-electron chi connectivity index (χ1n) is 10.0. The summed E-state index contributed by atoms with van der Waals surface area (Å²) >= 11 is 10.5. The predicted molar refractivity (Wildman–Crippen MR) is 125 cm³/mol. The third kappa shape index (κ3) is 4.98. The van der Waals surface area contributed by atoms with E-state index in [2.05, 4.69) is 41.6 Å². The van der Waals surface area contributed by atoms with Crippen molar-refractivity contribution in [3.8, 4) is 5.82 Å². The number of hydrogen-bond acceptors (Lipinski definition) is 10. The van der Waals surface area contributed by atoms with Crippen molar-refractivity contribution in [1.29, 1.82) is 0 Å². The van der Waals surface area contributed by atoms with Gasteiger partial charge in [-0.2, -0.15) is 5.10 Å². The van der Waals surface area contributed by atoms with Crippen molar-refractivity contribution in [2.75, 3.05) is 20.8 Å². The molecule has 12 nitrogen and oxygen atoms in total. The first kappa shape index (κ1) is 25.0. The molecule has 0 saturated carbocycles. The summed E-state index contributed by atoms with van der Waals surface area (Å²) in [6.45, 7) is -0.444. The molecule has 3 aromatic heterocycles. The van der Waals surface area contributed by atoms with Gasteiger partial charge in [-0.15, -0.1) is 5.10 Å². The number of aliphatic hydroxyl groups excluding tert-OH is 2. The third-order valence-electron chi connectivity index (χ3n) is 5.20. The Balaban J connectivity index is 1.68. The molecule has 0 aromatic carbocycles. The Hall–Kier alpha value is -2.07. The molecule has 0 bridgehead atoms. The number of nitrogens with zero attached hydrogens (tertiary/aromatic N) is 6. The van der Waals surface area contributed by atoms with Gasteiger partial charge >= 0.3 is 0 Å². The van der Waals surface area contributed by atoms with Crippen molar-refractivity contribution < 1.29 is 24.5 Å². The fraction of sp³-hybridized carbons (Fsp3) is 0.421. The molecule has 3 N–H and O–H groups in total. The zero-order valence-electron chi connectivity index (χ0n) is 17.9. The first-order valence-corrected chi connectivity index (χ1v) is 12.1. The van der Waals surface area contributed by atoms with Crippen molar-refractivity contribution in [1.82, 2.24) is 35.1 Å². The number of carbonyl (C=O) groups is 1. The van der Waals surface area contributed by atoms with E-state index in [4.69, 9.17) is 21.1 Å². The van der Waals surface area contributed by atoms with E-state index >= 15 is 0 Å². The number of aromatic nitrogens is 6. The summed E-state index contributed by atoms with van der Waals surface area (Å²) in [5.41, 5.74) is -0.530. The van der Waals surface area contributed by atoms with Crippen LogP contribution < -0.4 is 5.32 Å². The molecule has 2 unspecified atom stereocenters. The molecule has 3 aromatic rings. The normalized spacial score (nSPS) is 24.8. The molecule has 182 valence electrons. The number of methoxy groups -OCH3 is 1. The van der Waals surface area contributed by atoms with Gasteiger partial charge in [0.2, 0.25) is 0 Å². The van der Waals surface area contributed by atoms with E-state index in [1.807, 2.05) is 0 Å². The van der Waals surface area contributed by atoms with Gasteiger partial charge in [-0.25, -0.2) is 14.3 Å². The molecular formula is C19H21BrClN7O5S. The van der Waals surface area contributed by atoms with Crippen LogP contribution in [0, 0.1) is 0 Å². The van der Waals surface area contributed by atoms with Crippen molar-refractivity contribution >= 4 is 45.2 Å². The van der Waals surface area contributed by atoms with Crippen molar-refractivity contribution in [3.05, 3.63) is 46.0 Å². The summed E-state index contributed by atoms with van der Waals surface area (Å²) < 4.78 is 15.3. The van der Waals surface area contributed by atoms with E-state index in [1.165, 1.54) is 41.5 Å². The highest BCUT2D eigenvalue weighted by atomic mass is 79.9. The monoisotopic (exact) mass is 573 g/mol. The molecule has 0 aliphatic carbocycles. The van der Waals surface area contributed by atoms with Gasteiger partial charge in [0.25, 0.3) is 5.91 Å². The summed E-state index contributed by atoms with van der Waals surface area (Å²) in [4.78, 5) is 17.1. The minimum absolute atomic E-state index is 0.205. The molecule has 1 fully saturated rings. The SMILES string of the molecule is CNC(=O)c1ncc(Br)cc1S[C@H]1OC(CO)[C@H](O)[C@H](n2cc(-n3ccc(Cl)n3)nn2)C1OC. The number of nitrogens with one attached hydrogen (secondary N) is 1. The van der Waals surface area contributed by atoms with Crippen molar-refractivity contribution in [2.45, 2.75) is 34.7 Å². The number of ether oxygens (including phenoxy) is 2. The standard InChI is InChI=1S/C19H21BrClN7O5S/c1-22-18(31)14-11(5-9(20)6-23-14)34-19-17(32-2)15(16(30)10(8-29)33-19)28-7-13(24-26-28)27-4-3-12(21)25-27/h3-7,10,15-17,19,29-30H,8H2,1-2H3,(H,22,31)/t10?,15-,16-,17?,19+/m0/s1. The Morgan fingerprint density at radius 3 is 2.91 bits per heavy atom. The molecule has 1 saturated heterocycles. The zero-order valence-corrected chi connectivity index (χ0v) is 21.1. The second-order valence-corrected chi connectivity index (χ2v) is 9.69. The van der Waals surface area contributed by atoms with Crippen LogP contribution in [0.3, 0.4) is 0 Å². The highest BCUT2D eigenvalue weighted by Crippen LogP contribution is 2.40. The molecule has 0 spiro atoms. The largest absolute Gasteiger partial charge is 0.394 e. The van der Waals surface area contributed by atoms with Gasteiger partial charge in [0.15, 0.2) is 11.0 Å². The molecule has 1 amide bonds. The Morgan fingerprint density at radius 2 is 2.26 bits per heavy atom. The van der Waals surface area contributed by atoms with Crippen LogP contribution in [-0.2, 0) is 9.47 Å². The molecule has 1 aliphatic rings. The Kier molecular flexibility index (Phi) is 7.87. The van der Waals surface area contributed by atoms with E-state index in [0.29, 0.717) is 20.3 Å². The number of halogens is 2. The molecule has 4 heterocycles. The average Bonchev–Trinajstić information content (AvgIpc) is 3.48. The Labute approximate surface area is 211 Å². The van der Waals surface area contributed by atoms with Gasteiger partial charge in [-0.05, 0) is 28.1 Å². The number of aliphatic hydroxyl groups is 2. The lowest BCUT2D eigenvalue weighted by Crippen LogP contribution is -2.55. The van der Waals surface area contributed by atoms with E-state index in [0.717, 1.165) is 0 Å². The van der Waals surface area contributed by atoms with E-state index in [9.17, 15) is 15.0 Å². The molecule has 1 aliphatic heterocycles. The predicted octanol–water partition coefficient (Wildman–Crippen LogP) is 1.06. The van der Waals surface area contributed by atoms with Gasteiger partial charge in [0, 0.05) is 35.9 Å².